The van der Waals surface area contributed by atoms with E-state index in [4.69, 9.17) is 0 Å². The van der Waals surface area contributed by atoms with Gasteiger partial charge in [-0.3, -0.25) is 4.98 Å². The number of benzene rings is 1. The molecule has 95 valence electrons. The number of hydrogen-bond donors (Lipinski definition) is 0. The largest absolute Gasteiger partial charge is 0.433 e. The fourth-order valence-corrected chi connectivity index (χ4v) is 2.55. The average Bonchev–Trinajstić information content (AvgIpc) is 2.81. The first-order valence-electron chi connectivity index (χ1n) is 5.35. The smallest absolute Gasteiger partial charge is 0.251 e. The molecule has 6 heteroatoms. The van der Waals surface area contributed by atoms with Crippen molar-refractivity contribution in [3.63, 3.8) is 0 Å². The molecule has 2 heterocycles. The van der Waals surface area contributed by atoms with Gasteiger partial charge in [-0.05, 0) is 18.2 Å². The number of alkyl halides is 3. The summed E-state index contributed by atoms with van der Waals surface area (Å²) < 4.78 is 38.2. The fraction of sp³-hybridized carbons (Fsp3) is 0.0769. The average molecular weight is 279 g/mol. The second-order valence-electron chi connectivity index (χ2n) is 3.83. The Morgan fingerprint density at radius 3 is 2.63 bits per heavy atom. The number of halogens is 3. The quantitative estimate of drug-likeness (QED) is 0.668. The lowest BCUT2D eigenvalue weighted by atomic mass is 10.2. The minimum atomic E-state index is -4.42. The summed E-state index contributed by atoms with van der Waals surface area (Å²) in [5.41, 5.74) is 0.383. The minimum Gasteiger partial charge on any atom is -0.251 e. The SMILES string of the molecule is FC(F)(F)c1ccc(-c2nc3[c]cccc3s2)cn1. The van der Waals surface area contributed by atoms with Gasteiger partial charge in [-0.1, -0.05) is 12.1 Å². The van der Waals surface area contributed by atoms with Crippen molar-refractivity contribution in [3.8, 4) is 10.6 Å². The zero-order chi connectivity index (χ0) is 13.5. The lowest BCUT2D eigenvalue weighted by Crippen LogP contribution is -2.07. The number of pyridine rings is 1. The summed E-state index contributed by atoms with van der Waals surface area (Å²) in [5.74, 6) is 0. The van der Waals surface area contributed by atoms with Crippen LogP contribution in [0.4, 0.5) is 13.2 Å². The topological polar surface area (TPSA) is 25.8 Å². The van der Waals surface area contributed by atoms with Crippen LogP contribution in [0.2, 0.25) is 0 Å². The van der Waals surface area contributed by atoms with E-state index in [0.29, 0.717) is 16.1 Å². The third-order valence-corrected chi connectivity index (χ3v) is 3.59. The summed E-state index contributed by atoms with van der Waals surface area (Å²) in [6.45, 7) is 0. The summed E-state index contributed by atoms with van der Waals surface area (Å²) in [5, 5.41) is 0.638. The van der Waals surface area contributed by atoms with Crippen molar-refractivity contribution in [2.75, 3.05) is 0 Å². The molecule has 0 aliphatic rings. The Hall–Kier alpha value is -1.95. The van der Waals surface area contributed by atoms with E-state index in [-0.39, 0.29) is 0 Å². The molecule has 2 aromatic heterocycles. The Labute approximate surface area is 110 Å². The lowest BCUT2D eigenvalue weighted by Gasteiger charge is -2.04. The summed E-state index contributed by atoms with van der Waals surface area (Å²) in [6, 6.07) is 10.8. The number of aromatic nitrogens is 2. The summed E-state index contributed by atoms with van der Waals surface area (Å²) in [6.07, 6.45) is -3.22. The van der Waals surface area contributed by atoms with Gasteiger partial charge in [0.05, 0.1) is 10.2 Å². The van der Waals surface area contributed by atoms with Crippen molar-refractivity contribution in [3.05, 3.63) is 48.3 Å². The van der Waals surface area contributed by atoms with Crippen LogP contribution in [0.15, 0.2) is 36.5 Å². The molecular weight excluding hydrogens is 273 g/mol. The molecule has 2 nitrogen and oxygen atoms in total. The third-order valence-electron chi connectivity index (χ3n) is 2.52. The van der Waals surface area contributed by atoms with Gasteiger partial charge >= 0.3 is 6.18 Å². The van der Waals surface area contributed by atoms with Gasteiger partial charge in [0.15, 0.2) is 0 Å². The number of hydrogen-bond acceptors (Lipinski definition) is 3. The van der Waals surface area contributed by atoms with E-state index in [2.05, 4.69) is 16.0 Å². The van der Waals surface area contributed by atoms with E-state index in [1.54, 1.807) is 6.07 Å². The highest BCUT2D eigenvalue weighted by Gasteiger charge is 2.32. The molecule has 0 atom stereocenters. The Kier molecular flexibility index (Phi) is 2.74. The van der Waals surface area contributed by atoms with Crippen LogP contribution in [0.25, 0.3) is 20.8 Å². The second-order valence-corrected chi connectivity index (χ2v) is 4.86. The molecule has 0 spiro atoms. The molecule has 0 unspecified atom stereocenters. The van der Waals surface area contributed by atoms with Crippen LogP contribution in [0.5, 0.6) is 0 Å². The van der Waals surface area contributed by atoms with E-state index in [1.807, 2.05) is 12.1 Å². The highest BCUT2D eigenvalue weighted by Crippen LogP contribution is 2.32. The van der Waals surface area contributed by atoms with Crippen LogP contribution < -0.4 is 0 Å². The summed E-state index contributed by atoms with van der Waals surface area (Å²) in [7, 11) is 0. The molecule has 0 amide bonds. The maximum absolute atomic E-state index is 12.4. The predicted octanol–water partition coefficient (Wildman–Crippen LogP) is 4.18. The van der Waals surface area contributed by atoms with Crippen molar-refractivity contribution in [2.24, 2.45) is 0 Å². The van der Waals surface area contributed by atoms with E-state index in [0.717, 1.165) is 10.8 Å². The first kappa shape index (κ1) is 12.1. The Morgan fingerprint density at radius 2 is 2.00 bits per heavy atom. The monoisotopic (exact) mass is 279 g/mol. The Morgan fingerprint density at radius 1 is 1.16 bits per heavy atom. The highest BCUT2D eigenvalue weighted by atomic mass is 32.1. The van der Waals surface area contributed by atoms with Crippen molar-refractivity contribution in [1.29, 1.82) is 0 Å². The van der Waals surface area contributed by atoms with Crippen LogP contribution in [0, 0.1) is 6.07 Å². The number of thiazole rings is 1. The molecule has 0 saturated heterocycles. The zero-order valence-corrected chi connectivity index (χ0v) is 10.2. The molecule has 1 radical (unpaired) electrons. The molecule has 3 aromatic rings. The van der Waals surface area contributed by atoms with Gasteiger partial charge in [0.1, 0.15) is 10.7 Å². The van der Waals surface area contributed by atoms with Crippen molar-refractivity contribution < 1.29 is 13.2 Å². The lowest BCUT2D eigenvalue weighted by molar-refractivity contribution is -0.141. The van der Waals surface area contributed by atoms with E-state index in [1.165, 1.54) is 23.6 Å². The number of fused-ring (bicyclic) bond motifs is 1. The standard InChI is InChI=1S/C13H6F3N2S/c14-13(15,16)11-6-5-8(7-17-11)12-18-9-3-1-2-4-10(9)19-12/h1-2,4-7H. The van der Waals surface area contributed by atoms with E-state index >= 15 is 0 Å². The minimum absolute atomic E-state index is 0.572. The van der Waals surface area contributed by atoms with Gasteiger partial charge in [-0.2, -0.15) is 13.2 Å². The van der Waals surface area contributed by atoms with Crippen LogP contribution in [0.3, 0.4) is 0 Å². The molecular formula is C13H6F3N2S. The molecule has 0 N–H and O–H groups in total. The Balaban J connectivity index is 2.02. The van der Waals surface area contributed by atoms with Gasteiger partial charge in [-0.15, -0.1) is 11.3 Å². The maximum Gasteiger partial charge on any atom is 0.433 e. The molecule has 0 aliphatic carbocycles. The fourth-order valence-electron chi connectivity index (χ4n) is 1.62. The van der Waals surface area contributed by atoms with Gasteiger partial charge in [0.25, 0.3) is 0 Å². The van der Waals surface area contributed by atoms with Gasteiger partial charge in [0.2, 0.25) is 0 Å². The molecule has 0 saturated carbocycles. The molecule has 3 rings (SSSR count). The van der Waals surface area contributed by atoms with Crippen molar-refractivity contribution in [1.82, 2.24) is 9.97 Å². The number of nitrogens with zero attached hydrogens (tertiary/aromatic N) is 2. The predicted molar refractivity (Wildman–Crippen MR) is 66.7 cm³/mol. The van der Waals surface area contributed by atoms with Gasteiger partial charge in [-0.25, -0.2) is 4.98 Å². The van der Waals surface area contributed by atoms with Crippen LogP contribution >= 0.6 is 11.3 Å². The maximum atomic E-state index is 12.4. The first-order chi connectivity index (χ1) is 9.04. The number of para-hydroxylation sites is 1. The first-order valence-corrected chi connectivity index (χ1v) is 6.16. The van der Waals surface area contributed by atoms with E-state index < -0.39 is 11.9 Å². The Bertz CT molecular complexity index is 684. The second kappa shape index (κ2) is 4.31. The van der Waals surface area contributed by atoms with Crippen molar-refractivity contribution >= 4 is 21.6 Å². The van der Waals surface area contributed by atoms with Gasteiger partial charge < -0.3 is 0 Å². The molecule has 0 fully saturated rings. The van der Waals surface area contributed by atoms with Crippen LogP contribution in [-0.4, -0.2) is 9.97 Å². The summed E-state index contributed by atoms with van der Waals surface area (Å²) >= 11 is 1.40. The van der Waals surface area contributed by atoms with E-state index in [9.17, 15) is 13.2 Å². The molecule has 19 heavy (non-hydrogen) atoms. The third kappa shape index (κ3) is 2.31. The molecule has 0 bridgehead atoms. The number of rotatable bonds is 1. The zero-order valence-electron chi connectivity index (χ0n) is 9.40. The van der Waals surface area contributed by atoms with Crippen LogP contribution in [-0.2, 0) is 6.18 Å². The van der Waals surface area contributed by atoms with Gasteiger partial charge in [0, 0.05) is 17.8 Å². The van der Waals surface area contributed by atoms with Crippen LogP contribution in [0.1, 0.15) is 5.69 Å². The van der Waals surface area contributed by atoms with Crippen molar-refractivity contribution in [2.45, 2.75) is 6.18 Å². The molecule has 0 aliphatic heterocycles. The molecule has 1 aromatic carbocycles. The highest BCUT2D eigenvalue weighted by molar-refractivity contribution is 7.21. The summed E-state index contributed by atoms with van der Waals surface area (Å²) in [4.78, 5) is 7.74. The normalized spacial score (nSPS) is 11.9.